The third-order valence-corrected chi connectivity index (χ3v) is 2.85. The summed E-state index contributed by atoms with van der Waals surface area (Å²) in [5, 5.41) is 20.2. The molecule has 18 heavy (non-hydrogen) atoms. The van der Waals surface area contributed by atoms with Crippen molar-refractivity contribution in [2.24, 2.45) is 5.92 Å². The lowest BCUT2D eigenvalue weighted by Crippen LogP contribution is -2.42. The van der Waals surface area contributed by atoms with Crippen LogP contribution < -0.4 is 5.32 Å². The molecule has 0 aromatic carbocycles. The van der Waals surface area contributed by atoms with Crippen LogP contribution in [0.1, 0.15) is 33.1 Å². The first kappa shape index (κ1) is 16.7. The molecule has 0 aliphatic rings. The van der Waals surface area contributed by atoms with Crippen LogP contribution in [-0.2, 0) is 4.79 Å². The maximum Gasteiger partial charge on any atom is 0.317 e. The van der Waals surface area contributed by atoms with Crippen molar-refractivity contribution in [1.29, 1.82) is 0 Å². The summed E-state index contributed by atoms with van der Waals surface area (Å²) >= 11 is 0. The van der Waals surface area contributed by atoms with Crippen LogP contribution in [0.5, 0.6) is 0 Å². The van der Waals surface area contributed by atoms with Gasteiger partial charge in [0.1, 0.15) is 0 Å². The van der Waals surface area contributed by atoms with Gasteiger partial charge in [-0.05, 0) is 19.8 Å². The van der Waals surface area contributed by atoms with Crippen LogP contribution in [0.2, 0.25) is 0 Å². The van der Waals surface area contributed by atoms with Crippen molar-refractivity contribution in [3.05, 3.63) is 0 Å². The number of amides is 2. The molecule has 0 heterocycles. The molecule has 0 bridgehead atoms. The van der Waals surface area contributed by atoms with Gasteiger partial charge in [-0.15, -0.1) is 0 Å². The van der Waals surface area contributed by atoms with E-state index in [1.807, 2.05) is 6.92 Å². The van der Waals surface area contributed by atoms with Gasteiger partial charge in [0.25, 0.3) is 0 Å². The minimum absolute atomic E-state index is 0.000335. The number of urea groups is 1. The fraction of sp³-hybridized carbons (Fsp3) is 0.833. The molecule has 0 saturated carbocycles. The van der Waals surface area contributed by atoms with Crippen LogP contribution in [0.15, 0.2) is 0 Å². The normalized spacial score (nSPS) is 13.8. The number of likely N-dealkylation sites (N-methyl/N-ethyl adjacent to an activating group) is 1. The largest absolute Gasteiger partial charge is 0.481 e. The fourth-order valence-electron chi connectivity index (χ4n) is 1.50. The smallest absolute Gasteiger partial charge is 0.317 e. The van der Waals surface area contributed by atoms with Gasteiger partial charge in [0.15, 0.2) is 0 Å². The Kier molecular flexibility index (Phi) is 8.11. The fourth-order valence-corrected chi connectivity index (χ4v) is 1.50. The van der Waals surface area contributed by atoms with Crippen LogP contribution in [-0.4, -0.2) is 53.4 Å². The lowest BCUT2D eigenvalue weighted by molar-refractivity contribution is -0.141. The second kappa shape index (κ2) is 8.74. The average molecular weight is 260 g/mol. The Hall–Kier alpha value is -1.30. The van der Waals surface area contributed by atoms with E-state index in [2.05, 4.69) is 5.32 Å². The molecule has 106 valence electrons. The Labute approximate surface area is 108 Å². The SMILES string of the molecule is CC(CCCC(C)C(=O)O)NC(=O)N(C)CCO. The lowest BCUT2D eigenvalue weighted by atomic mass is 10.0. The van der Waals surface area contributed by atoms with Gasteiger partial charge in [-0.25, -0.2) is 4.79 Å². The number of aliphatic carboxylic acids is 1. The van der Waals surface area contributed by atoms with Crippen LogP contribution in [0, 0.1) is 5.92 Å². The van der Waals surface area contributed by atoms with Crippen molar-refractivity contribution in [2.75, 3.05) is 20.2 Å². The highest BCUT2D eigenvalue weighted by Gasteiger charge is 2.13. The van der Waals surface area contributed by atoms with Gasteiger partial charge >= 0.3 is 12.0 Å². The van der Waals surface area contributed by atoms with E-state index in [0.717, 1.165) is 12.8 Å². The molecule has 0 aliphatic carbocycles. The van der Waals surface area contributed by atoms with Crippen molar-refractivity contribution in [3.63, 3.8) is 0 Å². The molecular weight excluding hydrogens is 236 g/mol. The molecule has 0 rings (SSSR count). The van der Waals surface area contributed by atoms with Crippen LogP contribution in [0.25, 0.3) is 0 Å². The molecule has 3 N–H and O–H groups in total. The number of nitrogens with one attached hydrogen (secondary N) is 1. The summed E-state index contributed by atoms with van der Waals surface area (Å²) < 4.78 is 0. The third-order valence-electron chi connectivity index (χ3n) is 2.85. The highest BCUT2D eigenvalue weighted by atomic mass is 16.4. The van der Waals surface area contributed by atoms with Crippen molar-refractivity contribution < 1.29 is 19.8 Å². The molecule has 0 spiro atoms. The second-order valence-corrected chi connectivity index (χ2v) is 4.67. The Bertz CT molecular complexity index is 271. The zero-order valence-electron chi connectivity index (χ0n) is 11.3. The lowest BCUT2D eigenvalue weighted by Gasteiger charge is -2.20. The molecule has 0 aromatic heterocycles. The molecule has 2 atom stereocenters. The number of carboxylic acid groups (broad SMARTS) is 1. The summed E-state index contributed by atoms with van der Waals surface area (Å²) in [5.41, 5.74) is 0. The van der Waals surface area contributed by atoms with E-state index in [4.69, 9.17) is 10.2 Å². The zero-order chi connectivity index (χ0) is 14.1. The first-order chi connectivity index (χ1) is 8.38. The molecular formula is C12H24N2O4. The van der Waals surface area contributed by atoms with Gasteiger partial charge in [0.2, 0.25) is 0 Å². The third kappa shape index (κ3) is 7.11. The number of hydrogen-bond acceptors (Lipinski definition) is 3. The second-order valence-electron chi connectivity index (χ2n) is 4.67. The summed E-state index contributed by atoms with van der Waals surface area (Å²) in [6.45, 7) is 3.81. The first-order valence-corrected chi connectivity index (χ1v) is 6.23. The predicted molar refractivity (Wildman–Crippen MR) is 68.4 cm³/mol. The molecule has 0 aromatic rings. The van der Waals surface area contributed by atoms with Gasteiger partial charge in [0, 0.05) is 19.6 Å². The van der Waals surface area contributed by atoms with Gasteiger partial charge in [0.05, 0.1) is 12.5 Å². The predicted octanol–water partition coefficient (Wildman–Crippen LogP) is 0.900. The van der Waals surface area contributed by atoms with Crippen LogP contribution in [0.3, 0.4) is 0 Å². The van der Waals surface area contributed by atoms with E-state index in [0.29, 0.717) is 13.0 Å². The molecule has 0 fully saturated rings. The van der Waals surface area contributed by atoms with Crippen molar-refractivity contribution in [2.45, 2.75) is 39.2 Å². The highest BCUT2D eigenvalue weighted by Crippen LogP contribution is 2.09. The number of aliphatic hydroxyl groups is 1. The number of nitrogens with zero attached hydrogens (tertiary/aromatic N) is 1. The topological polar surface area (TPSA) is 89.9 Å². The molecule has 2 amide bonds. The maximum absolute atomic E-state index is 11.6. The summed E-state index contributed by atoms with van der Waals surface area (Å²) in [5.74, 6) is -1.13. The van der Waals surface area contributed by atoms with E-state index in [9.17, 15) is 9.59 Å². The summed E-state index contributed by atoms with van der Waals surface area (Å²) in [4.78, 5) is 23.6. The van der Waals surface area contributed by atoms with Crippen molar-refractivity contribution in [1.82, 2.24) is 10.2 Å². The average Bonchev–Trinajstić information content (AvgIpc) is 2.28. The van der Waals surface area contributed by atoms with E-state index in [1.165, 1.54) is 4.90 Å². The van der Waals surface area contributed by atoms with Crippen molar-refractivity contribution in [3.8, 4) is 0 Å². The number of carbonyl (C=O) groups excluding carboxylic acids is 1. The molecule has 0 saturated heterocycles. The number of carbonyl (C=O) groups is 2. The first-order valence-electron chi connectivity index (χ1n) is 6.23. The van der Waals surface area contributed by atoms with Gasteiger partial charge in [-0.2, -0.15) is 0 Å². The monoisotopic (exact) mass is 260 g/mol. The van der Waals surface area contributed by atoms with E-state index in [1.54, 1.807) is 14.0 Å². The van der Waals surface area contributed by atoms with E-state index < -0.39 is 5.97 Å². The molecule has 6 nitrogen and oxygen atoms in total. The maximum atomic E-state index is 11.6. The van der Waals surface area contributed by atoms with E-state index >= 15 is 0 Å². The molecule has 0 radical (unpaired) electrons. The molecule has 6 heteroatoms. The Morgan fingerprint density at radius 2 is 1.89 bits per heavy atom. The van der Waals surface area contributed by atoms with Crippen LogP contribution >= 0.6 is 0 Å². The number of aliphatic hydroxyl groups excluding tert-OH is 1. The summed E-state index contributed by atoms with van der Waals surface area (Å²) in [6.07, 6.45) is 2.12. The quantitative estimate of drug-likeness (QED) is 0.605. The Balaban J connectivity index is 3.80. The standard InChI is InChI=1S/C12H24N2O4/c1-9(11(16)17)5-4-6-10(2)13-12(18)14(3)7-8-15/h9-10,15H,4-8H2,1-3H3,(H,13,18)(H,16,17). The summed E-state index contributed by atoms with van der Waals surface area (Å²) in [7, 11) is 1.62. The Morgan fingerprint density at radius 1 is 1.28 bits per heavy atom. The van der Waals surface area contributed by atoms with Gasteiger partial charge in [-0.1, -0.05) is 13.3 Å². The van der Waals surface area contributed by atoms with Gasteiger partial charge in [-0.3, -0.25) is 4.79 Å². The minimum atomic E-state index is -0.783. The minimum Gasteiger partial charge on any atom is -0.481 e. The van der Waals surface area contributed by atoms with Crippen LogP contribution in [0.4, 0.5) is 4.79 Å². The molecule has 2 unspecified atom stereocenters. The number of carboxylic acids is 1. The Morgan fingerprint density at radius 3 is 2.39 bits per heavy atom. The highest BCUT2D eigenvalue weighted by molar-refractivity contribution is 5.74. The number of rotatable bonds is 8. The molecule has 0 aliphatic heterocycles. The van der Waals surface area contributed by atoms with E-state index in [-0.39, 0.29) is 24.6 Å². The zero-order valence-corrected chi connectivity index (χ0v) is 11.3. The van der Waals surface area contributed by atoms with Gasteiger partial charge < -0.3 is 20.4 Å². The number of hydrogen-bond donors (Lipinski definition) is 3. The summed E-state index contributed by atoms with van der Waals surface area (Å²) in [6, 6.07) is -0.220. The van der Waals surface area contributed by atoms with Crippen molar-refractivity contribution >= 4 is 12.0 Å².